The molecule has 3 aromatic rings. The first kappa shape index (κ1) is 11.2. The third-order valence-electron chi connectivity index (χ3n) is 3.60. The van der Waals surface area contributed by atoms with Crippen molar-refractivity contribution in [2.45, 2.75) is 13.1 Å². The number of nitrogens with zero attached hydrogens (tertiary/aromatic N) is 4. The molecule has 0 bridgehead atoms. The minimum absolute atomic E-state index is 0.0446. The molecule has 0 aliphatic carbocycles. The summed E-state index contributed by atoms with van der Waals surface area (Å²) in [6.07, 6.45) is 3.41. The van der Waals surface area contributed by atoms with Crippen molar-refractivity contribution < 1.29 is 4.79 Å². The summed E-state index contributed by atoms with van der Waals surface area (Å²) >= 11 is 0. The molecule has 98 valence electrons. The van der Waals surface area contributed by atoms with Gasteiger partial charge in [-0.3, -0.25) is 4.79 Å². The minimum Gasteiger partial charge on any atom is -0.329 e. The molecule has 0 saturated carbocycles. The predicted molar refractivity (Wildman–Crippen MR) is 73.0 cm³/mol. The van der Waals surface area contributed by atoms with Gasteiger partial charge in [0.1, 0.15) is 5.69 Å². The molecule has 1 aromatic carbocycles. The molecule has 5 heteroatoms. The normalized spacial score (nSPS) is 13.7. The van der Waals surface area contributed by atoms with Crippen molar-refractivity contribution >= 4 is 11.6 Å². The van der Waals surface area contributed by atoms with E-state index in [1.54, 1.807) is 23.0 Å². The second-order valence-corrected chi connectivity index (χ2v) is 4.88. The summed E-state index contributed by atoms with van der Waals surface area (Å²) in [6.45, 7) is 1.30. The molecule has 2 aromatic heterocycles. The van der Waals surface area contributed by atoms with Gasteiger partial charge in [-0.1, -0.05) is 24.3 Å². The predicted octanol–water partition coefficient (Wildman–Crippen LogP) is 1.89. The molecule has 0 unspecified atom stereocenters. The molecule has 4 rings (SSSR count). The smallest absolute Gasteiger partial charge is 0.274 e. The second kappa shape index (κ2) is 4.16. The number of hydrogen-bond donors (Lipinski definition) is 0. The molecule has 0 radical (unpaired) electrons. The fourth-order valence-corrected chi connectivity index (χ4v) is 2.57. The van der Waals surface area contributed by atoms with Gasteiger partial charge in [0, 0.05) is 25.5 Å². The van der Waals surface area contributed by atoms with E-state index in [9.17, 15) is 4.79 Å². The van der Waals surface area contributed by atoms with Crippen LogP contribution in [0, 0.1) is 0 Å². The van der Waals surface area contributed by atoms with Gasteiger partial charge in [-0.15, -0.1) is 0 Å². The maximum atomic E-state index is 12.5. The first-order chi connectivity index (χ1) is 9.81. The summed E-state index contributed by atoms with van der Waals surface area (Å²) in [6, 6.07) is 11.7. The van der Waals surface area contributed by atoms with Crippen LogP contribution in [0.3, 0.4) is 0 Å². The van der Waals surface area contributed by atoms with Gasteiger partial charge in [-0.25, -0.2) is 9.50 Å². The summed E-state index contributed by atoms with van der Waals surface area (Å²) in [5, 5.41) is 4.31. The Kier molecular flexibility index (Phi) is 2.32. The van der Waals surface area contributed by atoms with E-state index in [0.29, 0.717) is 18.8 Å². The van der Waals surface area contributed by atoms with Crippen LogP contribution in [-0.2, 0) is 13.1 Å². The van der Waals surface area contributed by atoms with Crippen molar-refractivity contribution in [1.82, 2.24) is 19.5 Å². The average Bonchev–Trinajstić information content (AvgIpc) is 3.11. The van der Waals surface area contributed by atoms with E-state index in [-0.39, 0.29) is 5.91 Å². The van der Waals surface area contributed by atoms with E-state index < -0.39 is 0 Å². The van der Waals surface area contributed by atoms with E-state index in [1.807, 2.05) is 23.1 Å². The Labute approximate surface area is 115 Å². The molecule has 0 spiro atoms. The molecular weight excluding hydrogens is 252 g/mol. The number of aromatic nitrogens is 3. The fourth-order valence-electron chi connectivity index (χ4n) is 2.57. The van der Waals surface area contributed by atoms with Gasteiger partial charge >= 0.3 is 0 Å². The molecule has 20 heavy (non-hydrogen) atoms. The van der Waals surface area contributed by atoms with Gasteiger partial charge in [0.25, 0.3) is 5.91 Å². The van der Waals surface area contributed by atoms with Gasteiger partial charge in [-0.2, -0.15) is 5.10 Å². The number of carbonyl (C=O) groups excluding carboxylic acids is 1. The Bertz CT molecular complexity index is 783. The first-order valence-electron chi connectivity index (χ1n) is 6.48. The van der Waals surface area contributed by atoms with Crippen LogP contribution in [0.2, 0.25) is 0 Å². The first-order valence-corrected chi connectivity index (χ1v) is 6.48. The molecule has 1 aliphatic rings. The van der Waals surface area contributed by atoms with Crippen LogP contribution in [-0.4, -0.2) is 25.4 Å². The number of fused-ring (bicyclic) bond motifs is 2. The minimum atomic E-state index is -0.0446. The molecule has 0 atom stereocenters. The Morgan fingerprint density at radius 2 is 1.80 bits per heavy atom. The van der Waals surface area contributed by atoms with Crippen LogP contribution in [0.25, 0.3) is 5.65 Å². The van der Waals surface area contributed by atoms with Crippen LogP contribution >= 0.6 is 0 Å². The summed E-state index contributed by atoms with van der Waals surface area (Å²) < 4.78 is 1.62. The molecule has 0 saturated heterocycles. The number of benzene rings is 1. The topological polar surface area (TPSA) is 50.5 Å². The molecular formula is C15H12N4O. The lowest BCUT2D eigenvalue weighted by atomic mass is 10.1. The van der Waals surface area contributed by atoms with Crippen molar-refractivity contribution in [3.05, 3.63) is 65.6 Å². The highest BCUT2D eigenvalue weighted by Crippen LogP contribution is 2.23. The highest BCUT2D eigenvalue weighted by atomic mass is 16.2. The Morgan fingerprint density at radius 3 is 2.55 bits per heavy atom. The lowest BCUT2D eigenvalue weighted by Gasteiger charge is -2.14. The van der Waals surface area contributed by atoms with Crippen molar-refractivity contribution in [3.8, 4) is 0 Å². The zero-order valence-electron chi connectivity index (χ0n) is 10.7. The highest BCUT2D eigenvalue weighted by Gasteiger charge is 2.24. The van der Waals surface area contributed by atoms with E-state index in [0.717, 1.165) is 5.65 Å². The number of carbonyl (C=O) groups is 1. The lowest BCUT2D eigenvalue weighted by molar-refractivity contribution is 0.0744. The van der Waals surface area contributed by atoms with Gasteiger partial charge in [0.2, 0.25) is 0 Å². The van der Waals surface area contributed by atoms with E-state index in [1.165, 1.54) is 11.1 Å². The fraction of sp³-hybridized carbons (Fsp3) is 0.133. The molecule has 1 amide bonds. The Hall–Kier alpha value is -2.69. The number of imidazole rings is 1. The Morgan fingerprint density at radius 1 is 1.05 bits per heavy atom. The number of rotatable bonds is 1. The van der Waals surface area contributed by atoms with Gasteiger partial charge in [-0.05, 0) is 23.3 Å². The lowest BCUT2D eigenvalue weighted by Crippen LogP contribution is -2.26. The van der Waals surface area contributed by atoms with Gasteiger partial charge < -0.3 is 4.90 Å². The van der Waals surface area contributed by atoms with Crippen molar-refractivity contribution in [3.63, 3.8) is 0 Å². The maximum absolute atomic E-state index is 12.5. The molecule has 0 fully saturated rings. The van der Waals surface area contributed by atoms with E-state index in [4.69, 9.17) is 0 Å². The summed E-state index contributed by atoms with van der Waals surface area (Å²) in [7, 11) is 0. The third kappa shape index (κ3) is 1.67. The van der Waals surface area contributed by atoms with E-state index >= 15 is 0 Å². The number of amides is 1. The van der Waals surface area contributed by atoms with Crippen LogP contribution in [0.1, 0.15) is 21.6 Å². The average molecular weight is 264 g/mol. The SMILES string of the molecule is O=C(c1ccc2nccn2n1)N1Cc2ccccc2C1. The van der Waals surface area contributed by atoms with Crippen LogP contribution in [0.15, 0.2) is 48.8 Å². The molecule has 1 aliphatic heterocycles. The second-order valence-electron chi connectivity index (χ2n) is 4.88. The standard InChI is InChI=1S/C15H12N4O/c20-15(13-5-6-14-16-7-8-19(14)17-13)18-9-11-3-1-2-4-12(11)10-18/h1-8H,9-10H2. The zero-order valence-corrected chi connectivity index (χ0v) is 10.7. The van der Waals surface area contributed by atoms with Crippen molar-refractivity contribution in [2.24, 2.45) is 0 Å². The third-order valence-corrected chi connectivity index (χ3v) is 3.60. The van der Waals surface area contributed by atoms with Crippen molar-refractivity contribution in [1.29, 1.82) is 0 Å². The quantitative estimate of drug-likeness (QED) is 0.674. The van der Waals surface area contributed by atoms with E-state index in [2.05, 4.69) is 22.2 Å². The van der Waals surface area contributed by atoms with Crippen LogP contribution in [0.4, 0.5) is 0 Å². The maximum Gasteiger partial charge on any atom is 0.274 e. The largest absolute Gasteiger partial charge is 0.329 e. The molecule has 5 nitrogen and oxygen atoms in total. The van der Waals surface area contributed by atoms with Gasteiger partial charge in [0.15, 0.2) is 5.65 Å². The van der Waals surface area contributed by atoms with Crippen LogP contribution in [0.5, 0.6) is 0 Å². The monoisotopic (exact) mass is 264 g/mol. The van der Waals surface area contributed by atoms with Gasteiger partial charge in [0.05, 0.1) is 0 Å². The summed E-state index contributed by atoms with van der Waals surface area (Å²) in [4.78, 5) is 18.5. The molecule has 3 heterocycles. The zero-order chi connectivity index (χ0) is 13.5. The summed E-state index contributed by atoms with van der Waals surface area (Å²) in [5.74, 6) is -0.0446. The van der Waals surface area contributed by atoms with Crippen LogP contribution < -0.4 is 0 Å². The van der Waals surface area contributed by atoms with Crippen molar-refractivity contribution in [2.75, 3.05) is 0 Å². The highest BCUT2D eigenvalue weighted by molar-refractivity contribution is 5.92. The number of hydrogen-bond acceptors (Lipinski definition) is 3. The molecule has 0 N–H and O–H groups in total. The summed E-state index contributed by atoms with van der Waals surface area (Å²) in [5.41, 5.74) is 3.61. The Balaban J connectivity index is 1.65.